The van der Waals surface area contributed by atoms with Gasteiger partial charge in [-0.2, -0.15) is 0 Å². The number of amides is 1. The molecule has 1 aromatic carbocycles. The first kappa shape index (κ1) is 12.4. The van der Waals surface area contributed by atoms with Gasteiger partial charge in [0.15, 0.2) is 0 Å². The molecule has 0 aromatic heterocycles. The average Bonchev–Trinajstić information content (AvgIpc) is 2.28. The van der Waals surface area contributed by atoms with Crippen molar-refractivity contribution in [2.75, 3.05) is 13.1 Å². The second kappa shape index (κ2) is 5.39. The van der Waals surface area contributed by atoms with Crippen molar-refractivity contribution in [2.24, 2.45) is 0 Å². The molecule has 0 saturated heterocycles. The molecule has 4 nitrogen and oxygen atoms in total. The molecule has 0 aliphatic carbocycles. The van der Waals surface area contributed by atoms with Crippen molar-refractivity contribution in [3.8, 4) is 11.5 Å². The van der Waals surface area contributed by atoms with E-state index in [9.17, 15) is 15.0 Å². The second-order valence-electron chi connectivity index (χ2n) is 3.59. The first-order chi connectivity index (χ1) is 7.60. The summed E-state index contributed by atoms with van der Waals surface area (Å²) in [6.07, 6.45) is 0.860. The van der Waals surface area contributed by atoms with Crippen LogP contribution in [0, 0.1) is 0 Å². The van der Waals surface area contributed by atoms with Crippen LogP contribution in [0.3, 0.4) is 0 Å². The van der Waals surface area contributed by atoms with E-state index < -0.39 is 0 Å². The molecule has 0 atom stereocenters. The molecule has 4 heteroatoms. The van der Waals surface area contributed by atoms with Gasteiger partial charge in [-0.05, 0) is 31.5 Å². The Labute approximate surface area is 95.1 Å². The Morgan fingerprint density at radius 1 is 1.31 bits per heavy atom. The fourth-order valence-corrected chi connectivity index (χ4v) is 1.54. The SMILES string of the molecule is CCCN(CC)C(=O)c1cc(O)ccc1O. The topological polar surface area (TPSA) is 60.8 Å². The van der Waals surface area contributed by atoms with Crippen LogP contribution in [0.5, 0.6) is 11.5 Å². The number of carbonyl (C=O) groups excluding carboxylic acids is 1. The maximum Gasteiger partial charge on any atom is 0.257 e. The predicted molar refractivity (Wildman–Crippen MR) is 61.6 cm³/mol. The summed E-state index contributed by atoms with van der Waals surface area (Å²) >= 11 is 0. The van der Waals surface area contributed by atoms with E-state index in [-0.39, 0.29) is 23.0 Å². The third kappa shape index (κ3) is 2.66. The number of aromatic hydroxyl groups is 2. The van der Waals surface area contributed by atoms with Crippen LogP contribution >= 0.6 is 0 Å². The van der Waals surface area contributed by atoms with Gasteiger partial charge in [0.05, 0.1) is 5.56 Å². The lowest BCUT2D eigenvalue weighted by Gasteiger charge is -2.20. The molecule has 0 saturated carbocycles. The number of phenolic OH excluding ortho intramolecular Hbond substituents is 2. The fourth-order valence-electron chi connectivity index (χ4n) is 1.54. The summed E-state index contributed by atoms with van der Waals surface area (Å²) in [5.74, 6) is -0.371. The van der Waals surface area contributed by atoms with E-state index in [2.05, 4.69) is 0 Å². The van der Waals surface area contributed by atoms with Gasteiger partial charge in [0.1, 0.15) is 11.5 Å². The zero-order valence-electron chi connectivity index (χ0n) is 9.60. The summed E-state index contributed by atoms with van der Waals surface area (Å²) in [5.41, 5.74) is 0.148. The molecule has 1 amide bonds. The Morgan fingerprint density at radius 3 is 2.56 bits per heavy atom. The number of carbonyl (C=O) groups is 1. The first-order valence-electron chi connectivity index (χ1n) is 5.41. The molecule has 0 radical (unpaired) electrons. The Bertz CT molecular complexity index is 377. The minimum absolute atomic E-state index is 0.0197. The smallest absolute Gasteiger partial charge is 0.257 e. The van der Waals surface area contributed by atoms with E-state index >= 15 is 0 Å². The molecule has 1 aromatic rings. The Hall–Kier alpha value is -1.71. The largest absolute Gasteiger partial charge is 0.508 e. The van der Waals surface area contributed by atoms with Crippen molar-refractivity contribution < 1.29 is 15.0 Å². The molecule has 88 valence electrons. The second-order valence-corrected chi connectivity index (χ2v) is 3.59. The van der Waals surface area contributed by atoms with Crippen molar-refractivity contribution in [3.05, 3.63) is 23.8 Å². The van der Waals surface area contributed by atoms with Crippen molar-refractivity contribution in [1.29, 1.82) is 0 Å². The third-order valence-corrected chi connectivity index (χ3v) is 2.37. The highest BCUT2D eigenvalue weighted by atomic mass is 16.3. The van der Waals surface area contributed by atoms with Gasteiger partial charge in [-0.1, -0.05) is 6.92 Å². The normalized spacial score (nSPS) is 10.1. The Kier molecular flexibility index (Phi) is 4.17. The van der Waals surface area contributed by atoms with Crippen molar-refractivity contribution in [1.82, 2.24) is 4.90 Å². The predicted octanol–water partition coefficient (Wildman–Crippen LogP) is 1.97. The maximum absolute atomic E-state index is 12.0. The lowest BCUT2D eigenvalue weighted by molar-refractivity contribution is 0.0761. The summed E-state index contributed by atoms with van der Waals surface area (Å²) < 4.78 is 0. The number of hydrogen-bond acceptors (Lipinski definition) is 3. The van der Waals surface area contributed by atoms with Crippen LogP contribution in [0.25, 0.3) is 0 Å². The van der Waals surface area contributed by atoms with E-state index in [1.165, 1.54) is 18.2 Å². The molecule has 0 unspecified atom stereocenters. The molecule has 0 spiro atoms. The molecule has 1 rings (SSSR count). The van der Waals surface area contributed by atoms with E-state index in [4.69, 9.17) is 0 Å². The quantitative estimate of drug-likeness (QED) is 0.767. The lowest BCUT2D eigenvalue weighted by atomic mass is 10.1. The van der Waals surface area contributed by atoms with Crippen LogP contribution in [0.15, 0.2) is 18.2 Å². The zero-order chi connectivity index (χ0) is 12.1. The van der Waals surface area contributed by atoms with E-state index in [1.54, 1.807) is 4.90 Å². The van der Waals surface area contributed by atoms with E-state index in [0.717, 1.165) is 6.42 Å². The van der Waals surface area contributed by atoms with Crippen molar-refractivity contribution >= 4 is 5.91 Å². The van der Waals surface area contributed by atoms with Crippen LogP contribution in [-0.2, 0) is 0 Å². The Morgan fingerprint density at radius 2 is 2.00 bits per heavy atom. The number of benzene rings is 1. The van der Waals surface area contributed by atoms with Crippen molar-refractivity contribution in [3.63, 3.8) is 0 Å². The van der Waals surface area contributed by atoms with Gasteiger partial charge in [0, 0.05) is 13.1 Å². The van der Waals surface area contributed by atoms with Crippen LogP contribution in [-0.4, -0.2) is 34.1 Å². The molecule has 0 fully saturated rings. The third-order valence-electron chi connectivity index (χ3n) is 2.37. The summed E-state index contributed by atoms with van der Waals surface area (Å²) in [6.45, 7) is 5.10. The summed E-state index contributed by atoms with van der Waals surface area (Å²) in [4.78, 5) is 13.6. The summed E-state index contributed by atoms with van der Waals surface area (Å²) in [5, 5.41) is 18.8. The average molecular weight is 223 g/mol. The zero-order valence-corrected chi connectivity index (χ0v) is 9.60. The number of phenols is 2. The molecular formula is C12H17NO3. The molecule has 0 bridgehead atoms. The standard InChI is InChI=1S/C12H17NO3/c1-3-7-13(4-2)12(16)10-8-9(14)5-6-11(10)15/h5-6,8,14-15H,3-4,7H2,1-2H3. The number of rotatable bonds is 4. The van der Waals surface area contributed by atoms with Gasteiger partial charge in [-0.25, -0.2) is 0 Å². The minimum Gasteiger partial charge on any atom is -0.508 e. The highest BCUT2D eigenvalue weighted by Crippen LogP contribution is 2.23. The summed E-state index contributed by atoms with van der Waals surface area (Å²) in [6, 6.07) is 3.96. The molecule has 0 aliphatic heterocycles. The maximum atomic E-state index is 12.0. The number of hydrogen-bond donors (Lipinski definition) is 2. The lowest BCUT2D eigenvalue weighted by Crippen LogP contribution is -2.31. The van der Waals surface area contributed by atoms with Gasteiger partial charge in [-0.3, -0.25) is 4.79 Å². The van der Waals surface area contributed by atoms with E-state index in [0.29, 0.717) is 13.1 Å². The van der Waals surface area contributed by atoms with Gasteiger partial charge in [-0.15, -0.1) is 0 Å². The molecule has 2 N–H and O–H groups in total. The van der Waals surface area contributed by atoms with Gasteiger partial charge < -0.3 is 15.1 Å². The van der Waals surface area contributed by atoms with Crippen LogP contribution in [0.1, 0.15) is 30.6 Å². The van der Waals surface area contributed by atoms with Crippen LogP contribution < -0.4 is 0 Å². The Balaban J connectivity index is 2.98. The van der Waals surface area contributed by atoms with Gasteiger partial charge >= 0.3 is 0 Å². The van der Waals surface area contributed by atoms with Gasteiger partial charge in [0.2, 0.25) is 0 Å². The number of nitrogens with zero attached hydrogens (tertiary/aromatic N) is 1. The fraction of sp³-hybridized carbons (Fsp3) is 0.417. The van der Waals surface area contributed by atoms with Gasteiger partial charge in [0.25, 0.3) is 5.91 Å². The van der Waals surface area contributed by atoms with Crippen LogP contribution in [0.4, 0.5) is 0 Å². The van der Waals surface area contributed by atoms with E-state index in [1.807, 2.05) is 13.8 Å². The van der Waals surface area contributed by atoms with Crippen LogP contribution in [0.2, 0.25) is 0 Å². The highest BCUT2D eigenvalue weighted by Gasteiger charge is 2.17. The van der Waals surface area contributed by atoms with Crippen molar-refractivity contribution in [2.45, 2.75) is 20.3 Å². The first-order valence-corrected chi connectivity index (χ1v) is 5.41. The minimum atomic E-state index is -0.252. The molecule has 0 heterocycles. The molecule has 0 aliphatic rings. The monoisotopic (exact) mass is 223 g/mol. The molecular weight excluding hydrogens is 206 g/mol. The molecule has 16 heavy (non-hydrogen) atoms. The summed E-state index contributed by atoms with van der Waals surface area (Å²) in [7, 11) is 0. The highest BCUT2D eigenvalue weighted by molar-refractivity contribution is 5.97.